The van der Waals surface area contributed by atoms with Gasteiger partial charge in [-0.15, -0.1) is 11.3 Å². The van der Waals surface area contributed by atoms with Crippen LogP contribution in [-0.4, -0.2) is 32.9 Å². The van der Waals surface area contributed by atoms with Crippen molar-refractivity contribution >= 4 is 34.6 Å². The molecule has 2 heterocycles. The third kappa shape index (κ3) is 4.98. The maximum Gasteiger partial charge on any atom is 0.220 e. The van der Waals surface area contributed by atoms with Gasteiger partial charge in [0, 0.05) is 41.6 Å². The van der Waals surface area contributed by atoms with Gasteiger partial charge in [-0.05, 0) is 48.7 Å². The molecule has 33 heavy (non-hydrogen) atoms. The van der Waals surface area contributed by atoms with Crippen LogP contribution in [0.4, 0.5) is 4.39 Å². The zero-order valence-corrected chi connectivity index (χ0v) is 19.7. The number of nitrogens with one attached hydrogen (secondary N) is 1. The lowest BCUT2D eigenvalue weighted by Crippen LogP contribution is -2.29. The van der Waals surface area contributed by atoms with Crippen molar-refractivity contribution in [2.24, 2.45) is 5.92 Å². The molecular weight excluding hydrogens is 465 g/mol. The first-order valence-electron chi connectivity index (χ1n) is 10.5. The van der Waals surface area contributed by atoms with Gasteiger partial charge in [-0.2, -0.15) is 0 Å². The van der Waals surface area contributed by atoms with Crippen molar-refractivity contribution in [3.8, 4) is 11.3 Å². The van der Waals surface area contributed by atoms with Gasteiger partial charge in [0.1, 0.15) is 11.5 Å². The second kappa shape index (κ2) is 9.67. The summed E-state index contributed by atoms with van der Waals surface area (Å²) in [6, 6.07) is 4.73. The van der Waals surface area contributed by atoms with Gasteiger partial charge < -0.3 is 10.4 Å². The smallest absolute Gasteiger partial charge is 0.220 e. The van der Waals surface area contributed by atoms with Crippen LogP contribution < -0.4 is 5.32 Å². The Morgan fingerprint density at radius 3 is 2.64 bits per heavy atom. The topological polar surface area (TPSA) is 92.2 Å². The number of hydrogen-bond donors (Lipinski definition) is 2. The van der Waals surface area contributed by atoms with E-state index in [0.29, 0.717) is 12.1 Å². The molecular formula is C24H23ClFN3O3S. The minimum Gasteiger partial charge on any atom is -0.392 e. The highest BCUT2D eigenvalue weighted by Crippen LogP contribution is 2.41. The van der Waals surface area contributed by atoms with Crippen LogP contribution in [-0.2, 0) is 16.1 Å². The Balaban J connectivity index is 1.52. The number of aryl methyl sites for hydroxylation is 2. The van der Waals surface area contributed by atoms with Crippen LogP contribution in [0.1, 0.15) is 40.3 Å². The van der Waals surface area contributed by atoms with Gasteiger partial charge >= 0.3 is 0 Å². The summed E-state index contributed by atoms with van der Waals surface area (Å²) in [5.41, 5.74) is 4.67. The molecule has 0 spiro atoms. The van der Waals surface area contributed by atoms with Crippen LogP contribution in [0.5, 0.6) is 0 Å². The van der Waals surface area contributed by atoms with Crippen LogP contribution in [0.15, 0.2) is 36.1 Å². The maximum absolute atomic E-state index is 14.4. The number of Topliss-reactive ketones (excluding diaryl/α,β-unsaturated/α-hetero) is 1. The third-order valence-corrected chi connectivity index (χ3v) is 7.00. The van der Waals surface area contributed by atoms with Gasteiger partial charge in [0.15, 0.2) is 5.82 Å². The molecule has 3 atom stereocenters. The lowest BCUT2D eigenvalue weighted by molar-refractivity contribution is -0.122. The summed E-state index contributed by atoms with van der Waals surface area (Å²) >= 11 is 7.25. The zero-order chi connectivity index (χ0) is 23.7. The zero-order valence-electron chi connectivity index (χ0n) is 18.1. The average molecular weight is 488 g/mol. The van der Waals surface area contributed by atoms with E-state index >= 15 is 0 Å². The van der Waals surface area contributed by atoms with Crippen LogP contribution in [0, 0.1) is 25.6 Å². The number of benzene rings is 1. The standard InChI is InChI=1S/C24H23ClFN3O3S/c1-12-3-14(23-18(26)7-16(25)8-29-23)4-13(2)21(12)22-19(30)5-15(24(22)32)6-20(31)28-10-17-9-27-11-33-17/h3-4,7-9,11,15,22,24,32H,5-6,10H2,1-2H3,(H,28,31). The number of ketones is 1. The van der Waals surface area contributed by atoms with Crippen molar-refractivity contribution in [1.29, 1.82) is 0 Å². The summed E-state index contributed by atoms with van der Waals surface area (Å²) in [5.74, 6) is -2.03. The SMILES string of the molecule is Cc1cc(-c2ncc(Cl)cc2F)cc(C)c1C1C(=O)CC(CC(=O)NCc2cncs2)C1O. The van der Waals surface area contributed by atoms with Crippen molar-refractivity contribution in [1.82, 2.24) is 15.3 Å². The molecule has 1 saturated carbocycles. The van der Waals surface area contributed by atoms with Crippen LogP contribution in [0.25, 0.3) is 11.3 Å². The lowest BCUT2D eigenvalue weighted by Gasteiger charge is -2.22. The van der Waals surface area contributed by atoms with Crippen molar-refractivity contribution in [2.45, 2.75) is 45.3 Å². The van der Waals surface area contributed by atoms with Gasteiger partial charge in [-0.3, -0.25) is 19.6 Å². The molecule has 1 aromatic carbocycles. The fourth-order valence-electron chi connectivity index (χ4n) is 4.55. The number of pyridine rings is 1. The Morgan fingerprint density at radius 2 is 2.00 bits per heavy atom. The minimum absolute atomic E-state index is 0.0678. The van der Waals surface area contributed by atoms with E-state index in [1.165, 1.54) is 23.6 Å². The summed E-state index contributed by atoms with van der Waals surface area (Å²) in [4.78, 5) is 34.3. The Bertz CT molecular complexity index is 1180. The number of amides is 1. The van der Waals surface area contributed by atoms with Crippen LogP contribution in [0.3, 0.4) is 0 Å². The van der Waals surface area contributed by atoms with Gasteiger partial charge in [0.25, 0.3) is 0 Å². The number of carbonyl (C=O) groups excluding carboxylic acids is 2. The van der Waals surface area contributed by atoms with E-state index in [0.717, 1.165) is 21.6 Å². The molecule has 0 saturated heterocycles. The molecule has 172 valence electrons. The molecule has 1 fully saturated rings. The Hall–Kier alpha value is -2.68. The number of rotatable bonds is 6. The van der Waals surface area contributed by atoms with Crippen molar-refractivity contribution < 1.29 is 19.1 Å². The Labute approximate surface area is 199 Å². The monoisotopic (exact) mass is 487 g/mol. The van der Waals surface area contributed by atoms with Crippen molar-refractivity contribution in [2.75, 3.05) is 0 Å². The van der Waals surface area contributed by atoms with Gasteiger partial charge in [0.2, 0.25) is 5.91 Å². The molecule has 4 rings (SSSR count). The minimum atomic E-state index is -0.972. The van der Waals surface area contributed by atoms with Crippen LogP contribution in [0.2, 0.25) is 5.02 Å². The quantitative estimate of drug-likeness (QED) is 0.539. The van der Waals surface area contributed by atoms with Gasteiger partial charge in [0.05, 0.1) is 29.1 Å². The third-order valence-electron chi connectivity index (χ3n) is 6.01. The van der Waals surface area contributed by atoms with E-state index in [1.807, 2.05) is 13.8 Å². The summed E-state index contributed by atoms with van der Waals surface area (Å²) in [6.07, 6.45) is 2.30. The molecule has 2 N–H and O–H groups in total. The number of aliphatic hydroxyl groups excluding tert-OH is 1. The lowest BCUT2D eigenvalue weighted by atomic mass is 9.84. The largest absolute Gasteiger partial charge is 0.392 e. The number of hydrogen-bond acceptors (Lipinski definition) is 6. The molecule has 2 aromatic heterocycles. The molecule has 0 aliphatic heterocycles. The number of halogens is 2. The molecule has 1 aliphatic carbocycles. The van der Waals surface area contributed by atoms with E-state index in [4.69, 9.17) is 11.6 Å². The van der Waals surface area contributed by atoms with Crippen molar-refractivity contribution in [3.05, 3.63) is 68.5 Å². The maximum atomic E-state index is 14.4. The first kappa shape index (κ1) is 23.5. The summed E-state index contributed by atoms with van der Waals surface area (Å²) in [7, 11) is 0. The molecule has 9 heteroatoms. The number of nitrogens with zero attached hydrogens (tertiary/aromatic N) is 2. The molecule has 3 unspecified atom stereocenters. The predicted octanol–water partition coefficient (Wildman–Crippen LogP) is 4.35. The van der Waals surface area contributed by atoms with Crippen LogP contribution >= 0.6 is 22.9 Å². The summed E-state index contributed by atoms with van der Waals surface area (Å²) in [5, 5.41) is 14.0. The van der Waals surface area contributed by atoms with E-state index in [-0.39, 0.29) is 35.2 Å². The summed E-state index contributed by atoms with van der Waals surface area (Å²) in [6.45, 7) is 4.03. The first-order chi connectivity index (χ1) is 15.7. The van der Waals surface area contributed by atoms with Gasteiger partial charge in [-0.25, -0.2) is 4.39 Å². The normalized spacial score (nSPS) is 20.3. The number of carbonyl (C=O) groups is 2. The number of aliphatic hydroxyl groups is 1. The van der Waals surface area contributed by atoms with E-state index in [2.05, 4.69) is 15.3 Å². The van der Waals surface area contributed by atoms with Gasteiger partial charge in [-0.1, -0.05) is 11.6 Å². The van der Waals surface area contributed by atoms with Crippen molar-refractivity contribution in [3.63, 3.8) is 0 Å². The Kier molecular flexibility index (Phi) is 6.88. The summed E-state index contributed by atoms with van der Waals surface area (Å²) < 4.78 is 14.4. The Morgan fingerprint density at radius 1 is 1.27 bits per heavy atom. The van der Waals surface area contributed by atoms with E-state index in [9.17, 15) is 19.1 Å². The second-order valence-electron chi connectivity index (χ2n) is 8.36. The molecule has 0 radical (unpaired) electrons. The fraction of sp³-hybridized carbons (Fsp3) is 0.333. The molecule has 3 aromatic rings. The number of aromatic nitrogens is 2. The van der Waals surface area contributed by atoms with E-state index < -0.39 is 23.8 Å². The molecule has 1 aliphatic rings. The highest BCUT2D eigenvalue weighted by Gasteiger charge is 2.44. The number of thiazole rings is 1. The molecule has 1 amide bonds. The average Bonchev–Trinajstić information content (AvgIpc) is 3.35. The highest BCUT2D eigenvalue weighted by atomic mass is 35.5. The second-order valence-corrected chi connectivity index (χ2v) is 9.76. The molecule has 0 bridgehead atoms. The first-order valence-corrected chi connectivity index (χ1v) is 11.8. The highest BCUT2D eigenvalue weighted by molar-refractivity contribution is 7.09. The van der Waals surface area contributed by atoms with E-state index in [1.54, 1.807) is 23.8 Å². The predicted molar refractivity (Wildman–Crippen MR) is 125 cm³/mol. The molecule has 6 nitrogen and oxygen atoms in total. The fourth-order valence-corrected chi connectivity index (χ4v) is 5.23.